The third kappa shape index (κ3) is 4.94. The third-order valence-corrected chi connectivity index (χ3v) is 3.70. The van der Waals surface area contributed by atoms with Gasteiger partial charge in [-0.25, -0.2) is 18.1 Å². The van der Waals surface area contributed by atoms with Crippen molar-refractivity contribution in [2.24, 2.45) is 0 Å². The first-order valence-electron chi connectivity index (χ1n) is 6.23. The van der Waals surface area contributed by atoms with Crippen LogP contribution in [0.4, 0.5) is 0 Å². The highest BCUT2D eigenvalue weighted by molar-refractivity contribution is 7.92. The van der Waals surface area contributed by atoms with E-state index >= 15 is 0 Å². The number of sulfonamides is 1. The number of hydrogen-bond acceptors (Lipinski definition) is 4. The molecule has 0 unspecified atom stereocenters. The average molecular weight is 292 g/mol. The van der Waals surface area contributed by atoms with Crippen LogP contribution in [0.15, 0.2) is 42.1 Å². The monoisotopic (exact) mass is 292 g/mol. The molecular formula is C13H16N4O2S. The largest absolute Gasteiger partial charge is 0.263 e. The molecular weight excluding hydrogens is 276 g/mol. The molecule has 1 aromatic heterocycles. The number of aromatic nitrogens is 3. The second-order valence-corrected chi connectivity index (χ2v) is 5.84. The quantitative estimate of drug-likeness (QED) is 0.754. The van der Waals surface area contributed by atoms with E-state index < -0.39 is 10.0 Å². The molecule has 2 N–H and O–H groups in total. The molecule has 0 fully saturated rings. The Kier molecular flexibility index (Phi) is 5.03. The van der Waals surface area contributed by atoms with Gasteiger partial charge in [0, 0.05) is 18.4 Å². The van der Waals surface area contributed by atoms with Crippen molar-refractivity contribution in [2.75, 3.05) is 6.54 Å². The van der Waals surface area contributed by atoms with Gasteiger partial charge in [-0.3, -0.25) is 5.10 Å². The van der Waals surface area contributed by atoms with Crippen LogP contribution in [-0.4, -0.2) is 30.1 Å². The van der Waals surface area contributed by atoms with E-state index in [1.54, 1.807) is 6.08 Å². The molecule has 1 aromatic carbocycles. The first-order valence-corrected chi connectivity index (χ1v) is 7.77. The molecule has 0 atom stereocenters. The minimum absolute atomic E-state index is 0.363. The molecule has 2 aromatic rings. The highest BCUT2D eigenvalue weighted by Crippen LogP contribution is 2.02. The standard InChI is InChI=1S/C13H16N4O2S/c18-20(19,10-8-12-5-2-1-3-6-12)16-9-4-7-13-14-11-15-17-13/h1-3,5-6,8,10-11,16H,4,7,9H2,(H,14,15,17). The van der Waals surface area contributed by atoms with Gasteiger partial charge in [0.2, 0.25) is 10.0 Å². The number of nitrogens with zero attached hydrogens (tertiary/aromatic N) is 2. The Hall–Kier alpha value is -1.99. The van der Waals surface area contributed by atoms with Crippen LogP contribution in [0.2, 0.25) is 0 Å². The van der Waals surface area contributed by atoms with Gasteiger partial charge in [0.1, 0.15) is 12.2 Å². The fourth-order valence-electron chi connectivity index (χ4n) is 1.60. The zero-order valence-electron chi connectivity index (χ0n) is 10.9. The summed E-state index contributed by atoms with van der Waals surface area (Å²) in [6.45, 7) is 0.363. The minimum atomic E-state index is -3.40. The molecule has 0 aliphatic heterocycles. The fourth-order valence-corrected chi connectivity index (χ4v) is 2.46. The summed E-state index contributed by atoms with van der Waals surface area (Å²) in [7, 11) is -3.40. The summed E-state index contributed by atoms with van der Waals surface area (Å²) in [5.74, 6) is 0.754. The predicted molar refractivity (Wildman–Crippen MR) is 77.1 cm³/mol. The Balaban J connectivity index is 1.78. The molecule has 7 heteroatoms. The average Bonchev–Trinajstić information content (AvgIpc) is 2.96. The van der Waals surface area contributed by atoms with E-state index in [1.807, 2.05) is 30.3 Å². The molecule has 1 heterocycles. The number of H-pyrrole nitrogens is 1. The van der Waals surface area contributed by atoms with Crippen LogP contribution in [0.5, 0.6) is 0 Å². The maximum atomic E-state index is 11.7. The second-order valence-electron chi connectivity index (χ2n) is 4.19. The van der Waals surface area contributed by atoms with Gasteiger partial charge in [-0.2, -0.15) is 5.10 Å². The fraction of sp³-hybridized carbons (Fsp3) is 0.231. The summed E-state index contributed by atoms with van der Waals surface area (Å²) in [4.78, 5) is 3.97. The van der Waals surface area contributed by atoms with Crippen LogP contribution in [0.25, 0.3) is 6.08 Å². The summed E-state index contributed by atoms with van der Waals surface area (Å²) >= 11 is 0. The summed E-state index contributed by atoms with van der Waals surface area (Å²) < 4.78 is 26.0. The summed E-state index contributed by atoms with van der Waals surface area (Å²) in [5.41, 5.74) is 0.847. The Morgan fingerprint density at radius 1 is 1.25 bits per heavy atom. The Morgan fingerprint density at radius 3 is 2.75 bits per heavy atom. The minimum Gasteiger partial charge on any atom is -0.263 e. The zero-order chi connectivity index (χ0) is 14.3. The predicted octanol–water partition coefficient (Wildman–Crippen LogP) is 1.33. The van der Waals surface area contributed by atoms with Crippen molar-refractivity contribution in [2.45, 2.75) is 12.8 Å². The van der Waals surface area contributed by atoms with E-state index in [4.69, 9.17) is 0 Å². The highest BCUT2D eigenvalue weighted by atomic mass is 32.2. The van der Waals surface area contributed by atoms with Crippen molar-refractivity contribution in [3.8, 4) is 0 Å². The molecule has 6 nitrogen and oxygen atoms in total. The lowest BCUT2D eigenvalue weighted by Crippen LogP contribution is -2.22. The molecule has 106 valence electrons. The van der Waals surface area contributed by atoms with Gasteiger partial charge in [-0.05, 0) is 18.1 Å². The lowest BCUT2D eigenvalue weighted by Gasteiger charge is -2.01. The maximum absolute atomic E-state index is 11.7. The van der Waals surface area contributed by atoms with Crippen molar-refractivity contribution in [1.29, 1.82) is 0 Å². The Morgan fingerprint density at radius 2 is 2.05 bits per heavy atom. The van der Waals surface area contributed by atoms with E-state index in [0.29, 0.717) is 19.4 Å². The number of hydrogen-bond donors (Lipinski definition) is 2. The smallest absolute Gasteiger partial charge is 0.233 e. The van der Waals surface area contributed by atoms with Crippen molar-refractivity contribution < 1.29 is 8.42 Å². The van der Waals surface area contributed by atoms with Gasteiger partial charge in [0.15, 0.2) is 0 Å². The molecule has 0 saturated heterocycles. The first kappa shape index (κ1) is 14.4. The molecule has 0 bridgehead atoms. The molecule has 0 saturated carbocycles. The third-order valence-electron chi connectivity index (χ3n) is 2.60. The van der Waals surface area contributed by atoms with Crippen LogP contribution < -0.4 is 4.72 Å². The molecule has 0 amide bonds. The molecule has 2 rings (SSSR count). The number of nitrogens with one attached hydrogen (secondary N) is 2. The molecule has 0 aliphatic rings. The summed E-state index contributed by atoms with van der Waals surface area (Å²) in [5, 5.41) is 7.63. The van der Waals surface area contributed by atoms with Crippen LogP contribution >= 0.6 is 0 Å². The van der Waals surface area contributed by atoms with Gasteiger partial charge < -0.3 is 0 Å². The lowest BCUT2D eigenvalue weighted by atomic mass is 10.2. The number of aromatic amines is 1. The van der Waals surface area contributed by atoms with Crippen molar-refractivity contribution in [1.82, 2.24) is 19.9 Å². The first-order chi connectivity index (χ1) is 9.66. The zero-order valence-corrected chi connectivity index (χ0v) is 11.7. The second kappa shape index (κ2) is 6.97. The van der Waals surface area contributed by atoms with E-state index in [9.17, 15) is 8.42 Å². The molecule has 20 heavy (non-hydrogen) atoms. The number of benzene rings is 1. The topological polar surface area (TPSA) is 87.7 Å². The van der Waals surface area contributed by atoms with Gasteiger partial charge >= 0.3 is 0 Å². The number of rotatable bonds is 7. The lowest BCUT2D eigenvalue weighted by molar-refractivity contribution is 0.587. The van der Waals surface area contributed by atoms with Crippen molar-refractivity contribution in [3.63, 3.8) is 0 Å². The van der Waals surface area contributed by atoms with Crippen molar-refractivity contribution >= 4 is 16.1 Å². The summed E-state index contributed by atoms with van der Waals surface area (Å²) in [6.07, 6.45) is 4.32. The van der Waals surface area contributed by atoms with Gasteiger partial charge in [-0.15, -0.1) is 0 Å². The van der Waals surface area contributed by atoms with Crippen LogP contribution in [0.3, 0.4) is 0 Å². The SMILES string of the molecule is O=S(=O)(C=Cc1ccccc1)NCCCc1ncn[nH]1. The Bertz CT molecular complexity index is 636. The van der Waals surface area contributed by atoms with E-state index in [0.717, 1.165) is 11.4 Å². The highest BCUT2D eigenvalue weighted by Gasteiger charge is 2.04. The van der Waals surface area contributed by atoms with E-state index in [1.165, 1.54) is 11.7 Å². The normalized spacial score (nSPS) is 12.0. The molecule has 0 spiro atoms. The molecule has 0 aliphatic carbocycles. The maximum Gasteiger partial charge on any atom is 0.233 e. The van der Waals surface area contributed by atoms with Crippen molar-refractivity contribution in [3.05, 3.63) is 53.5 Å². The summed E-state index contributed by atoms with van der Waals surface area (Å²) in [6, 6.07) is 9.29. The van der Waals surface area contributed by atoms with Gasteiger partial charge in [0.05, 0.1) is 0 Å². The molecule has 0 radical (unpaired) electrons. The van der Waals surface area contributed by atoms with E-state index in [-0.39, 0.29) is 0 Å². The van der Waals surface area contributed by atoms with E-state index in [2.05, 4.69) is 19.9 Å². The van der Waals surface area contributed by atoms with Gasteiger partial charge in [-0.1, -0.05) is 30.3 Å². The van der Waals surface area contributed by atoms with Crippen LogP contribution in [-0.2, 0) is 16.4 Å². The van der Waals surface area contributed by atoms with Crippen LogP contribution in [0, 0.1) is 0 Å². The van der Waals surface area contributed by atoms with Crippen LogP contribution in [0.1, 0.15) is 17.8 Å². The van der Waals surface area contributed by atoms with Gasteiger partial charge in [0.25, 0.3) is 0 Å². The Labute approximate surface area is 118 Å². The number of aryl methyl sites for hydroxylation is 1.